The van der Waals surface area contributed by atoms with E-state index < -0.39 is 6.10 Å². The SMILES string of the molecule is C[C@H](OC[C@H](O)CN1C(=O)[C@@H]2CCCCN2C1=O)c1ccc(Cl)cc1. The number of ether oxygens (including phenoxy) is 1. The predicted octanol–water partition coefficient (Wildman–Crippen LogP) is 2.60. The molecule has 2 heterocycles. The van der Waals surface area contributed by atoms with Gasteiger partial charge in [-0.1, -0.05) is 23.7 Å². The molecule has 6 nitrogen and oxygen atoms in total. The first-order valence-electron chi connectivity index (χ1n) is 8.64. The van der Waals surface area contributed by atoms with Crippen LogP contribution in [0.15, 0.2) is 24.3 Å². The second kappa shape index (κ2) is 7.72. The maximum atomic E-state index is 12.4. The minimum Gasteiger partial charge on any atom is -0.389 e. The van der Waals surface area contributed by atoms with Gasteiger partial charge in [0.25, 0.3) is 5.91 Å². The molecule has 2 fully saturated rings. The summed E-state index contributed by atoms with van der Waals surface area (Å²) in [4.78, 5) is 27.5. The summed E-state index contributed by atoms with van der Waals surface area (Å²) in [5, 5.41) is 10.9. The fourth-order valence-electron chi connectivity index (χ4n) is 3.36. The molecule has 2 saturated heterocycles. The summed E-state index contributed by atoms with van der Waals surface area (Å²) in [6.45, 7) is 2.51. The van der Waals surface area contributed by atoms with Crippen molar-refractivity contribution in [2.24, 2.45) is 0 Å². The standard InChI is InChI=1S/C18H23ClN2O4/c1-12(13-5-7-14(19)8-6-13)25-11-15(22)10-21-17(23)16-4-2-3-9-20(16)18(21)24/h5-8,12,15-16,22H,2-4,9-11H2,1H3/t12-,15+,16-/m0/s1. The molecule has 1 aromatic rings. The van der Waals surface area contributed by atoms with Gasteiger partial charge in [-0.15, -0.1) is 0 Å². The number of carbonyl (C=O) groups is 2. The molecule has 136 valence electrons. The zero-order chi connectivity index (χ0) is 18.0. The second-order valence-corrected chi connectivity index (χ2v) is 7.05. The lowest BCUT2D eigenvalue weighted by molar-refractivity contribution is -0.130. The fourth-order valence-corrected chi connectivity index (χ4v) is 3.49. The molecule has 0 radical (unpaired) electrons. The molecule has 0 spiro atoms. The number of piperidine rings is 1. The Bertz CT molecular complexity index is 612. The Balaban J connectivity index is 1.52. The number of β-amino-alcohol motifs (C(OH)–C–C–N with tert-alkyl or cyclic N) is 1. The normalized spacial score (nSPS) is 22.9. The first-order chi connectivity index (χ1) is 12.0. The molecule has 1 aromatic carbocycles. The molecule has 2 aliphatic rings. The number of urea groups is 1. The number of hydrogen-bond donors (Lipinski definition) is 1. The molecule has 0 bridgehead atoms. The van der Waals surface area contributed by atoms with E-state index in [9.17, 15) is 14.7 Å². The smallest absolute Gasteiger partial charge is 0.327 e. The van der Waals surface area contributed by atoms with Crippen LogP contribution in [-0.4, -0.2) is 58.7 Å². The van der Waals surface area contributed by atoms with Crippen molar-refractivity contribution in [3.8, 4) is 0 Å². The first-order valence-corrected chi connectivity index (χ1v) is 9.02. The van der Waals surface area contributed by atoms with Crippen LogP contribution in [0.3, 0.4) is 0 Å². The van der Waals surface area contributed by atoms with Crippen molar-refractivity contribution in [2.45, 2.75) is 44.4 Å². The van der Waals surface area contributed by atoms with Gasteiger partial charge in [0.05, 0.1) is 25.4 Å². The van der Waals surface area contributed by atoms with E-state index in [1.807, 2.05) is 19.1 Å². The summed E-state index contributed by atoms with van der Waals surface area (Å²) in [6.07, 6.45) is 1.46. The fraction of sp³-hybridized carbons (Fsp3) is 0.556. The summed E-state index contributed by atoms with van der Waals surface area (Å²) >= 11 is 5.86. The van der Waals surface area contributed by atoms with E-state index in [2.05, 4.69) is 0 Å². The number of aliphatic hydroxyl groups excluding tert-OH is 1. The lowest BCUT2D eigenvalue weighted by Gasteiger charge is -2.26. The van der Waals surface area contributed by atoms with Gasteiger partial charge in [-0.05, 0) is 43.9 Å². The summed E-state index contributed by atoms with van der Waals surface area (Å²) in [6, 6.07) is 6.66. The molecule has 0 aliphatic carbocycles. The first kappa shape index (κ1) is 18.2. The number of amides is 3. The topological polar surface area (TPSA) is 70.1 Å². The molecule has 3 rings (SSSR count). The molecule has 0 unspecified atom stereocenters. The average molecular weight is 367 g/mol. The van der Waals surface area contributed by atoms with E-state index in [1.54, 1.807) is 17.0 Å². The number of benzene rings is 1. The Morgan fingerprint density at radius 3 is 2.68 bits per heavy atom. The van der Waals surface area contributed by atoms with Crippen molar-refractivity contribution in [1.82, 2.24) is 9.80 Å². The van der Waals surface area contributed by atoms with Crippen LogP contribution >= 0.6 is 11.6 Å². The molecular formula is C18H23ClN2O4. The molecular weight excluding hydrogens is 344 g/mol. The second-order valence-electron chi connectivity index (χ2n) is 6.62. The Labute approximate surface area is 152 Å². The quantitative estimate of drug-likeness (QED) is 0.785. The predicted molar refractivity (Wildman–Crippen MR) is 93.3 cm³/mol. The number of fused-ring (bicyclic) bond motifs is 1. The van der Waals surface area contributed by atoms with E-state index in [1.165, 1.54) is 0 Å². The molecule has 3 amide bonds. The number of carbonyl (C=O) groups excluding carboxylic acids is 2. The minimum atomic E-state index is -0.913. The monoisotopic (exact) mass is 366 g/mol. The molecule has 0 saturated carbocycles. The van der Waals surface area contributed by atoms with Crippen molar-refractivity contribution < 1.29 is 19.4 Å². The third-order valence-electron chi connectivity index (χ3n) is 4.80. The van der Waals surface area contributed by atoms with E-state index in [-0.39, 0.29) is 37.2 Å². The third kappa shape index (κ3) is 3.97. The molecule has 3 atom stereocenters. The Morgan fingerprint density at radius 2 is 2.00 bits per heavy atom. The van der Waals surface area contributed by atoms with Crippen molar-refractivity contribution in [1.29, 1.82) is 0 Å². The molecule has 25 heavy (non-hydrogen) atoms. The van der Waals surface area contributed by atoms with E-state index in [0.29, 0.717) is 18.0 Å². The summed E-state index contributed by atoms with van der Waals surface area (Å²) in [5.74, 6) is -0.200. The largest absolute Gasteiger partial charge is 0.389 e. The number of rotatable bonds is 6. The van der Waals surface area contributed by atoms with Crippen LogP contribution in [-0.2, 0) is 9.53 Å². The minimum absolute atomic E-state index is 0.0298. The van der Waals surface area contributed by atoms with Crippen LogP contribution in [0.2, 0.25) is 5.02 Å². The summed E-state index contributed by atoms with van der Waals surface area (Å²) in [5.41, 5.74) is 0.946. The van der Waals surface area contributed by atoms with Crippen LogP contribution in [0.5, 0.6) is 0 Å². The highest BCUT2D eigenvalue weighted by Crippen LogP contribution is 2.27. The highest BCUT2D eigenvalue weighted by molar-refractivity contribution is 6.30. The van der Waals surface area contributed by atoms with Gasteiger partial charge in [-0.3, -0.25) is 9.69 Å². The van der Waals surface area contributed by atoms with E-state index in [4.69, 9.17) is 16.3 Å². The molecule has 2 aliphatic heterocycles. The average Bonchev–Trinajstić information content (AvgIpc) is 2.86. The van der Waals surface area contributed by atoms with Crippen LogP contribution in [0.4, 0.5) is 4.79 Å². The number of halogens is 1. The van der Waals surface area contributed by atoms with Crippen molar-refractivity contribution in [3.05, 3.63) is 34.9 Å². The Hall–Kier alpha value is -1.63. The number of hydrogen-bond acceptors (Lipinski definition) is 4. The molecule has 0 aromatic heterocycles. The van der Waals surface area contributed by atoms with Crippen LogP contribution in [0.1, 0.15) is 37.9 Å². The lowest BCUT2D eigenvalue weighted by Crippen LogP contribution is -2.40. The number of nitrogens with zero attached hydrogens (tertiary/aromatic N) is 2. The van der Waals surface area contributed by atoms with Crippen molar-refractivity contribution in [3.63, 3.8) is 0 Å². The van der Waals surface area contributed by atoms with Crippen LogP contribution < -0.4 is 0 Å². The Kier molecular flexibility index (Phi) is 5.61. The van der Waals surface area contributed by atoms with Gasteiger partial charge in [-0.25, -0.2) is 4.79 Å². The van der Waals surface area contributed by atoms with Crippen LogP contribution in [0.25, 0.3) is 0 Å². The van der Waals surface area contributed by atoms with Gasteiger partial charge in [-0.2, -0.15) is 0 Å². The van der Waals surface area contributed by atoms with Gasteiger partial charge in [0.2, 0.25) is 0 Å². The number of aliphatic hydroxyl groups is 1. The van der Waals surface area contributed by atoms with Gasteiger partial charge in [0.15, 0.2) is 0 Å². The third-order valence-corrected chi connectivity index (χ3v) is 5.05. The van der Waals surface area contributed by atoms with E-state index >= 15 is 0 Å². The molecule has 7 heteroatoms. The van der Waals surface area contributed by atoms with Gasteiger partial charge >= 0.3 is 6.03 Å². The lowest BCUT2D eigenvalue weighted by atomic mass is 10.0. The van der Waals surface area contributed by atoms with Gasteiger partial charge in [0, 0.05) is 11.6 Å². The zero-order valence-corrected chi connectivity index (χ0v) is 15.0. The van der Waals surface area contributed by atoms with Crippen LogP contribution in [0, 0.1) is 0 Å². The van der Waals surface area contributed by atoms with Gasteiger partial charge in [0.1, 0.15) is 6.04 Å². The summed E-state index contributed by atoms with van der Waals surface area (Å²) in [7, 11) is 0. The van der Waals surface area contributed by atoms with Crippen molar-refractivity contribution >= 4 is 23.5 Å². The Morgan fingerprint density at radius 1 is 1.28 bits per heavy atom. The number of imide groups is 1. The molecule has 1 N–H and O–H groups in total. The zero-order valence-electron chi connectivity index (χ0n) is 14.2. The van der Waals surface area contributed by atoms with E-state index in [0.717, 1.165) is 23.3 Å². The maximum Gasteiger partial charge on any atom is 0.327 e. The highest BCUT2D eigenvalue weighted by atomic mass is 35.5. The highest BCUT2D eigenvalue weighted by Gasteiger charge is 2.46. The van der Waals surface area contributed by atoms with Crippen molar-refractivity contribution in [2.75, 3.05) is 19.7 Å². The van der Waals surface area contributed by atoms with Gasteiger partial charge < -0.3 is 14.7 Å². The maximum absolute atomic E-state index is 12.4. The summed E-state index contributed by atoms with van der Waals surface area (Å²) < 4.78 is 5.67.